The Morgan fingerprint density at radius 2 is 1.76 bits per heavy atom. The maximum atomic E-state index is 11.4. The van der Waals surface area contributed by atoms with E-state index in [0.29, 0.717) is 11.3 Å². The molecule has 0 bridgehead atoms. The molecular weight excluding hydrogens is 236 g/mol. The molecule has 0 heterocycles. The predicted molar refractivity (Wildman–Crippen MR) is 66.4 cm³/mol. The molecular formula is C13H14O3S. The smallest absolute Gasteiger partial charge is 0.175 e. The van der Waals surface area contributed by atoms with Crippen molar-refractivity contribution in [2.24, 2.45) is 0 Å². The van der Waals surface area contributed by atoms with Crippen molar-refractivity contribution in [3.05, 3.63) is 35.4 Å². The molecule has 0 radical (unpaired) electrons. The van der Waals surface area contributed by atoms with Crippen LogP contribution < -0.4 is 0 Å². The zero-order valence-electron chi connectivity index (χ0n) is 9.64. The van der Waals surface area contributed by atoms with Crippen molar-refractivity contribution in [2.75, 3.05) is 6.26 Å². The first-order valence-electron chi connectivity index (χ1n) is 5.51. The van der Waals surface area contributed by atoms with Gasteiger partial charge in [-0.15, -0.1) is 0 Å². The van der Waals surface area contributed by atoms with Crippen LogP contribution in [0.15, 0.2) is 34.7 Å². The van der Waals surface area contributed by atoms with Gasteiger partial charge in [0, 0.05) is 12.7 Å². The van der Waals surface area contributed by atoms with Crippen LogP contribution in [-0.4, -0.2) is 20.5 Å². The standard InChI is InChI=1S/C13H14O3S/c1-17(15,16)12-7-5-10(6-8-12)9-11-3-2-4-13(11)14/h5-9H,2-4H2,1H3/b11-9-. The Hall–Kier alpha value is -1.42. The van der Waals surface area contributed by atoms with Gasteiger partial charge in [-0.05, 0) is 42.2 Å². The average molecular weight is 250 g/mol. The van der Waals surface area contributed by atoms with Crippen LogP contribution in [0.25, 0.3) is 6.08 Å². The minimum absolute atomic E-state index is 0.206. The van der Waals surface area contributed by atoms with Crippen molar-refractivity contribution in [3.8, 4) is 0 Å². The van der Waals surface area contributed by atoms with Gasteiger partial charge in [0.25, 0.3) is 0 Å². The van der Waals surface area contributed by atoms with E-state index in [9.17, 15) is 13.2 Å². The molecule has 17 heavy (non-hydrogen) atoms. The zero-order valence-corrected chi connectivity index (χ0v) is 10.5. The molecule has 0 aromatic heterocycles. The molecule has 0 aliphatic heterocycles. The number of sulfone groups is 1. The summed E-state index contributed by atoms with van der Waals surface area (Å²) < 4.78 is 22.5. The first-order chi connectivity index (χ1) is 7.97. The minimum Gasteiger partial charge on any atom is -0.295 e. The largest absolute Gasteiger partial charge is 0.295 e. The van der Waals surface area contributed by atoms with Gasteiger partial charge in [0.15, 0.2) is 15.6 Å². The van der Waals surface area contributed by atoms with Crippen LogP contribution in [0.4, 0.5) is 0 Å². The SMILES string of the molecule is CS(=O)(=O)c1ccc(/C=C2/CCCC2=O)cc1. The summed E-state index contributed by atoms with van der Waals surface area (Å²) in [5, 5.41) is 0. The van der Waals surface area contributed by atoms with Crippen LogP contribution in [0.2, 0.25) is 0 Å². The van der Waals surface area contributed by atoms with Crippen LogP contribution >= 0.6 is 0 Å². The fourth-order valence-electron chi connectivity index (χ4n) is 1.90. The van der Waals surface area contributed by atoms with Gasteiger partial charge in [-0.1, -0.05) is 12.1 Å². The van der Waals surface area contributed by atoms with Crippen LogP contribution in [0, 0.1) is 0 Å². The maximum absolute atomic E-state index is 11.4. The molecule has 0 saturated heterocycles. The lowest BCUT2D eigenvalue weighted by atomic mass is 10.1. The Balaban J connectivity index is 2.28. The summed E-state index contributed by atoms with van der Waals surface area (Å²) in [5.41, 5.74) is 1.72. The minimum atomic E-state index is -3.15. The lowest BCUT2D eigenvalue weighted by molar-refractivity contribution is -0.114. The Labute approximate surface area is 101 Å². The summed E-state index contributed by atoms with van der Waals surface area (Å²) in [5.74, 6) is 0.206. The topological polar surface area (TPSA) is 51.2 Å². The van der Waals surface area contributed by atoms with Gasteiger partial charge in [-0.25, -0.2) is 8.42 Å². The van der Waals surface area contributed by atoms with Gasteiger partial charge in [0.2, 0.25) is 0 Å². The lowest BCUT2D eigenvalue weighted by Gasteiger charge is -2.00. The summed E-state index contributed by atoms with van der Waals surface area (Å²) in [6, 6.07) is 6.60. The van der Waals surface area contributed by atoms with Crippen LogP contribution in [0.5, 0.6) is 0 Å². The number of carbonyl (C=O) groups is 1. The van der Waals surface area contributed by atoms with E-state index in [1.165, 1.54) is 6.26 Å². The second-order valence-electron chi connectivity index (χ2n) is 4.29. The van der Waals surface area contributed by atoms with E-state index >= 15 is 0 Å². The zero-order chi connectivity index (χ0) is 12.5. The third kappa shape index (κ3) is 2.82. The fourth-order valence-corrected chi connectivity index (χ4v) is 2.53. The van der Waals surface area contributed by atoms with Crippen LogP contribution in [-0.2, 0) is 14.6 Å². The summed E-state index contributed by atoms with van der Waals surface area (Å²) in [4.78, 5) is 11.7. The summed E-state index contributed by atoms with van der Waals surface area (Å²) in [6.45, 7) is 0. The summed E-state index contributed by atoms with van der Waals surface area (Å²) >= 11 is 0. The highest BCUT2D eigenvalue weighted by Crippen LogP contribution is 2.23. The number of ketones is 1. The monoisotopic (exact) mass is 250 g/mol. The van der Waals surface area contributed by atoms with E-state index in [1.54, 1.807) is 24.3 Å². The number of carbonyl (C=O) groups excluding carboxylic acids is 1. The molecule has 0 unspecified atom stereocenters. The van der Waals surface area contributed by atoms with Crippen LogP contribution in [0.1, 0.15) is 24.8 Å². The number of hydrogen-bond acceptors (Lipinski definition) is 3. The molecule has 1 aromatic carbocycles. The fraction of sp³-hybridized carbons (Fsp3) is 0.308. The number of allylic oxidation sites excluding steroid dienone is 1. The highest BCUT2D eigenvalue weighted by atomic mass is 32.2. The first kappa shape index (κ1) is 12.0. The second kappa shape index (κ2) is 4.45. The Morgan fingerprint density at radius 1 is 1.12 bits per heavy atom. The molecule has 90 valence electrons. The molecule has 3 nitrogen and oxygen atoms in total. The molecule has 0 atom stereocenters. The van der Waals surface area contributed by atoms with E-state index in [-0.39, 0.29) is 5.78 Å². The van der Waals surface area contributed by atoms with Gasteiger partial charge in [0.1, 0.15) is 0 Å². The summed E-state index contributed by atoms with van der Waals surface area (Å²) in [7, 11) is -3.15. The third-order valence-electron chi connectivity index (χ3n) is 2.86. The quantitative estimate of drug-likeness (QED) is 0.756. The maximum Gasteiger partial charge on any atom is 0.175 e. The van der Waals surface area contributed by atoms with Crippen molar-refractivity contribution < 1.29 is 13.2 Å². The van der Waals surface area contributed by atoms with Crippen molar-refractivity contribution in [3.63, 3.8) is 0 Å². The summed E-state index contributed by atoms with van der Waals surface area (Å²) in [6.07, 6.45) is 5.41. The number of hydrogen-bond donors (Lipinski definition) is 0. The van der Waals surface area contributed by atoms with E-state index < -0.39 is 9.84 Å². The van der Waals surface area contributed by atoms with Crippen molar-refractivity contribution in [1.82, 2.24) is 0 Å². The number of Topliss-reactive ketones (excluding diaryl/α,β-unsaturated/α-hetero) is 1. The molecule has 1 aliphatic rings. The third-order valence-corrected chi connectivity index (χ3v) is 3.99. The van der Waals surface area contributed by atoms with Gasteiger partial charge >= 0.3 is 0 Å². The first-order valence-corrected chi connectivity index (χ1v) is 7.40. The normalized spacial score (nSPS) is 18.9. The highest BCUT2D eigenvalue weighted by molar-refractivity contribution is 7.90. The van der Waals surface area contributed by atoms with Gasteiger partial charge < -0.3 is 0 Å². The lowest BCUT2D eigenvalue weighted by Crippen LogP contribution is -1.96. The molecule has 2 rings (SSSR count). The Bertz CT molecular complexity index is 565. The van der Waals surface area contributed by atoms with E-state index in [1.807, 2.05) is 6.08 Å². The molecule has 1 fully saturated rings. The van der Waals surface area contributed by atoms with E-state index in [2.05, 4.69) is 0 Å². The molecule has 1 saturated carbocycles. The molecule has 1 aliphatic carbocycles. The average Bonchev–Trinajstić information content (AvgIpc) is 2.64. The molecule has 1 aromatic rings. The van der Waals surface area contributed by atoms with Gasteiger partial charge in [0.05, 0.1) is 4.90 Å². The number of rotatable bonds is 2. The van der Waals surface area contributed by atoms with Crippen molar-refractivity contribution in [2.45, 2.75) is 24.2 Å². The predicted octanol–water partition coefficient (Wildman–Crippen LogP) is 2.23. The second-order valence-corrected chi connectivity index (χ2v) is 6.30. The van der Waals surface area contributed by atoms with Gasteiger partial charge in [-0.2, -0.15) is 0 Å². The molecule has 0 spiro atoms. The van der Waals surface area contributed by atoms with E-state index in [4.69, 9.17) is 0 Å². The molecule has 0 amide bonds. The Kier molecular flexibility index (Phi) is 3.15. The van der Waals surface area contributed by atoms with Crippen molar-refractivity contribution in [1.29, 1.82) is 0 Å². The van der Waals surface area contributed by atoms with Crippen molar-refractivity contribution >= 4 is 21.7 Å². The molecule has 4 heteroatoms. The highest BCUT2D eigenvalue weighted by Gasteiger charge is 2.16. The van der Waals surface area contributed by atoms with E-state index in [0.717, 1.165) is 24.0 Å². The van der Waals surface area contributed by atoms with Crippen LogP contribution in [0.3, 0.4) is 0 Å². The molecule has 0 N–H and O–H groups in total. The number of benzene rings is 1. The van der Waals surface area contributed by atoms with Gasteiger partial charge in [-0.3, -0.25) is 4.79 Å². The Morgan fingerprint density at radius 3 is 2.24 bits per heavy atom.